The monoisotopic (exact) mass is 293 g/mol. The second kappa shape index (κ2) is 6.00. The number of carboxylic acid groups (broad SMARTS) is 1. The second-order valence-electron chi connectivity index (χ2n) is 3.92. The molecule has 0 bridgehead atoms. The number of carboxylic acids is 1. The molecule has 0 fully saturated rings. The number of rotatable bonds is 5. The van der Waals surface area contributed by atoms with E-state index in [4.69, 9.17) is 20.3 Å². The fraction of sp³-hybridized carbons (Fsp3) is 0.417. The standard InChI is InChI=1S/C12H14F3NO4/c1-19-9-3-6(7(5-16)11(17)18)8(12(13,14)15)4-10(9)20-2/h3-4,7H,5,16H2,1-2H3,(H,17,18). The molecule has 0 radical (unpaired) electrons. The number of hydrogen-bond donors (Lipinski definition) is 2. The SMILES string of the molecule is COc1cc(C(CN)C(=O)O)c(C(F)(F)F)cc1OC. The quantitative estimate of drug-likeness (QED) is 0.865. The fourth-order valence-electron chi connectivity index (χ4n) is 1.79. The van der Waals surface area contributed by atoms with Gasteiger partial charge in [0.1, 0.15) is 0 Å². The van der Waals surface area contributed by atoms with E-state index in [-0.39, 0.29) is 11.5 Å². The summed E-state index contributed by atoms with van der Waals surface area (Å²) in [5.74, 6) is -3.04. The van der Waals surface area contributed by atoms with Crippen LogP contribution >= 0.6 is 0 Å². The molecule has 0 heterocycles. The van der Waals surface area contributed by atoms with Gasteiger partial charge in [0.2, 0.25) is 0 Å². The predicted octanol–water partition coefficient (Wildman–Crippen LogP) is 1.85. The average molecular weight is 293 g/mol. The van der Waals surface area contributed by atoms with Crippen LogP contribution in [-0.2, 0) is 11.0 Å². The topological polar surface area (TPSA) is 81.8 Å². The van der Waals surface area contributed by atoms with Gasteiger partial charge in [-0.15, -0.1) is 0 Å². The van der Waals surface area contributed by atoms with Gasteiger partial charge in [-0.25, -0.2) is 0 Å². The highest BCUT2D eigenvalue weighted by atomic mass is 19.4. The normalized spacial score (nSPS) is 12.9. The van der Waals surface area contributed by atoms with Crippen molar-refractivity contribution in [2.75, 3.05) is 20.8 Å². The highest BCUT2D eigenvalue weighted by molar-refractivity contribution is 5.77. The van der Waals surface area contributed by atoms with Crippen molar-refractivity contribution < 1.29 is 32.5 Å². The van der Waals surface area contributed by atoms with Crippen molar-refractivity contribution in [1.29, 1.82) is 0 Å². The molecule has 1 atom stereocenters. The van der Waals surface area contributed by atoms with Gasteiger partial charge in [-0.2, -0.15) is 13.2 Å². The zero-order valence-electron chi connectivity index (χ0n) is 10.8. The first-order valence-electron chi connectivity index (χ1n) is 5.52. The lowest BCUT2D eigenvalue weighted by molar-refractivity contribution is -0.141. The molecule has 112 valence electrons. The molecule has 0 saturated heterocycles. The lowest BCUT2D eigenvalue weighted by atomic mass is 9.93. The van der Waals surface area contributed by atoms with E-state index in [1.165, 1.54) is 14.2 Å². The molecule has 0 amide bonds. The largest absolute Gasteiger partial charge is 0.493 e. The van der Waals surface area contributed by atoms with E-state index in [1.54, 1.807) is 0 Å². The molecule has 1 unspecified atom stereocenters. The molecular formula is C12H14F3NO4. The maximum Gasteiger partial charge on any atom is 0.416 e. The Kier molecular flexibility index (Phi) is 4.83. The van der Waals surface area contributed by atoms with Crippen LogP contribution in [0.25, 0.3) is 0 Å². The van der Waals surface area contributed by atoms with Gasteiger partial charge < -0.3 is 20.3 Å². The molecule has 0 aliphatic carbocycles. The molecule has 1 rings (SSSR count). The lowest BCUT2D eigenvalue weighted by Crippen LogP contribution is -2.24. The second-order valence-corrected chi connectivity index (χ2v) is 3.92. The van der Waals surface area contributed by atoms with Gasteiger partial charge in [0.25, 0.3) is 0 Å². The Balaban J connectivity index is 3.58. The minimum atomic E-state index is -4.72. The summed E-state index contributed by atoms with van der Waals surface area (Å²) >= 11 is 0. The zero-order valence-corrected chi connectivity index (χ0v) is 10.8. The van der Waals surface area contributed by atoms with Crippen molar-refractivity contribution in [1.82, 2.24) is 0 Å². The Labute approximate surface area is 113 Å². The number of halogens is 3. The Morgan fingerprint density at radius 2 is 1.80 bits per heavy atom. The van der Waals surface area contributed by atoms with E-state index < -0.39 is 35.7 Å². The molecule has 20 heavy (non-hydrogen) atoms. The molecule has 0 saturated carbocycles. The number of ether oxygens (including phenoxy) is 2. The molecule has 1 aromatic rings. The van der Waals surface area contributed by atoms with Crippen molar-refractivity contribution >= 4 is 5.97 Å². The van der Waals surface area contributed by atoms with Crippen LogP contribution in [-0.4, -0.2) is 31.8 Å². The van der Waals surface area contributed by atoms with Crippen LogP contribution in [0.3, 0.4) is 0 Å². The molecule has 3 N–H and O–H groups in total. The van der Waals surface area contributed by atoms with Gasteiger partial charge in [-0.05, 0) is 17.7 Å². The average Bonchev–Trinajstić information content (AvgIpc) is 2.37. The molecule has 0 aliphatic heterocycles. The third-order valence-electron chi connectivity index (χ3n) is 2.77. The van der Waals surface area contributed by atoms with Crippen LogP contribution in [0.5, 0.6) is 11.5 Å². The van der Waals surface area contributed by atoms with E-state index in [1.807, 2.05) is 0 Å². The number of hydrogen-bond acceptors (Lipinski definition) is 4. The van der Waals surface area contributed by atoms with Crippen LogP contribution < -0.4 is 15.2 Å². The predicted molar refractivity (Wildman–Crippen MR) is 64.0 cm³/mol. The summed E-state index contributed by atoms with van der Waals surface area (Å²) in [5, 5.41) is 8.99. The summed E-state index contributed by atoms with van der Waals surface area (Å²) in [6.07, 6.45) is -4.72. The number of methoxy groups -OCH3 is 2. The summed E-state index contributed by atoms with van der Waals surface area (Å²) in [5.41, 5.74) is 3.70. The molecule has 1 aromatic carbocycles. The number of aliphatic carboxylic acids is 1. The maximum absolute atomic E-state index is 13.0. The smallest absolute Gasteiger partial charge is 0.416 e. The highest BCUT2D eigenvalue weighted by Gasteiger charge is 2.38. The summed E-state index contributed by atoms with van der Waals surface area (Å²) in [4.78, 5) is 11.0. The van der Waals surface area contributed by atoms with Gasteiger partial charge in [-0.3, -0.25) is 4.79 Å². The highest BCUT2D eigenvalue weighted by Crippen LogP contribution is 2.41. The van der Waals surface area contributed by atoms with E-state index in [2.05, 4.69) is 0 Å². The maximum atomic E-state index is 13.0. The van der Waals surface area contributed by atoms with Crippen LogP contribution in [0.15, 0.2) is 12.1 Å². The summed E-state index contributed by atoms with van der Waals surface area (Å²) in [6.45, 7) is -0.464. The zero-order chi connectivity index (χ0) is 15.5. The van der Waals surface area contributed by atoms with E-state index in [0.717, 1.165) is 6.07 Å². The summed E-state index contributed by atoms with van der Waals surface area (Å²) < 4.78 is 48.8. The first-order valence-corrected chi connectivity index (χ1v) is 5.52. The summed E-state index contributed by atoms with van der Waals surface area (Å²) in [7, 11) is 2.43. The Morgan fingerprint density at radius 3 is 2.15 bits per heavy atom. The van der Waals surface area contributed by atoms with Gasteiger partial charge >= 0.3 is 12.1 Å². The molecule has 8 heteroatoms. The molecule has 0 aliphatic rings. The minimum Gasteiger partial charge on any atom is -0.493 e. The third kappa shape index (κ3) is 3.13. The Morgan fingerprint density at radius 1 is 1.30 bits per heavy atom. The fourth-order valence-corrected chi connectivity index (χ4v) is 1.79. The lowest BCUT2D eigenvalue weighted by Gasteiger charge is -2.20. The van der Waals surface area contributed by atoms with E-state index >= 15 is 0 Å². The van der Waals surface area contributed by atoms with Gasteiger partial charge in [0.05, 0.1) is 25.7 Å². The molecular weight excluding hydrogens is 279 g/mol. The minimum absolute atomic E-state index is 0.00944. The Hall–Kier alpha value is -1.96. The van der Waals surface area contributed by atoms with Crippen molar-refractivity contribution in [3.05, 3.63) is 23.3 Å². The van der Waals surface area contributed by atoms with Crippen molar-refractivity contribution in [3.63, 3.8) is 0 Å². The van der Waals surface area contributed by atoms with Crippen molar-refractivity contribution in [3.8, 4) is 11.5 Å². The number of nitrogens with two attached hydrogens (primary N) is 1. The Bertz CT molecular complexity index is 502. The van der Waals surface area contributed by atoms with Crippen LogP contribution in [0, 0.1) is 0 Å². The van der Waals surface area contributed by atoms with Crippen LogP contribution in [0.1, 0.15) is 17.0 Å². The third-order valence-corrected chi connectivity index (χ3v) is 2.77. The van der Waals surface area contributed by atoms with Gasteiger partial charge in [0, 0.05) is 6.54 Å². The van der Waals surface area contributed by atoms with E-state index in [0.29, 0.717) is 6.07 Å². The summed E-state index contributed by atoms with van der Waals surface area (Å²) in [6, 6.07) is 1.70. The first kappa shape index (κ1) is 16.1. The van der Waals surface area contributed by atoms with Crippen molar-refractivity contribution in [2.45, 2.75) is 12.1 Å². The van der Waals surface area contributed by atoms with E-state index in [9.17, 15) is 18.0 Å². The van der Waals surface area contributed by atoms with Gasteiger partial charge in [-0.1, -0.05) is 0 Å². The molecule has 0 aromatic heterocycles. The van der Waals surface area contributed by atoms with Crippen LogP contribution in [0.2, 0.25) is 0 Å². The number of carbonyl (C=O) groups is 1. The first-order chi connectivity index (χ1) is 9.26. The molecule has 5 nitrogen and oxygen atoms in total. The van der Waals surface area contributed by atoms with Crippen LogP contribution in [0.4, 0.5) is 13.2 Å². The van der Waals surface area contributed by atoms with Crippen molar-refractivity contribution in [2.24, 2.45) is 5.73 Å². The number of benzene rings is 1. The van der Waals surface area contributed by atoms with Gasteiger partial charge in [0.15, 0.2) is 11.5 Å². The molecule has 0 spiro atoms. The number of alkyl halides is 3.